The third-order valence-electron chi connectivity index (χ3n) is 6.42. The van der Waals surface area contributed by atoms with Crippen LogP contribution in [0.1, 0.15) is 41.9 Å². The van der Waals surface area contributed by atoms with E-state index in [0.29, 0.717) is 30.3 Å². The predicted octanol–water partition coefficient (Wildman–Crippen LogP) is 5.43. The van der Waals surface area contributed by atoms with Crippen LogP contribution in [0.2, 0.25) is 5.02 Å². The second-order valence-corrected chi connectivity index (χ2v) is 8.84. The fraction of sp³-hybridized carbons (Fsp3) is 0.296. The summed E-state index contributed by atoms with van der Waals surface area (Å²) in [4.78, 5) is 13.2. The summed E-state index contributed by atoms with van der Waals surface area (Å²) < 4.78 is 5.60. The van der Waals surface area contributed by atoms with E-state index in [1.54, 1.807) is 18.2 Å². The van der Waals surface area contributed by atoms with Crippen LogP contribution >= 0.6 is 11.6 Å². The molecule has 166 valence electrons. The average Bonchev–Trinajstić information content (AvgIpc) is 2.84. The Morgan fingerprint density at radius 2 is 1.66 bits per heavy atom. The highest BCUT2D eigenvalue weighted by Gasteiger charge is 2.35. The van der Waals surface area contributed by atoms with Gasteiger partial charge >= 0.3 is 0 Å². The Labute approximate surface area is 194 Å². The van der Waals surface area contributed by atoms with Gasteiger partial charge in [-0.2, -0.15) is 0 Å². The molecule has 0 unspecified atom stereocenters. The van der Waals surface area contributed by atoms with E-state index >= 15 is 0 Å². The van der Waals surface area contributed by atoms with Crippen LogP contribution in [0, 0.1) is 0 Å². The maximum absolute atomic E-state index is 13.2. The lowest BCUT2D eigenvalue weighted by molar-refractivity contribution is -0.121. The van der Waals surface area contributed by atoms with Crippen molar-refractivity contribution in [3.05, 3.63) is 101 Å². The van der Waals surface area contributed by atoms with Gasteiger partial charge in [-0.05, 0) is 42.2 Å². The second kappa shape index (κ2) is 10.2. The molecule has 0 bridgehead atoms. The van der Waals surface area contributed by atoms with Gasteiger partial charge in [-0.3, -0.25) is 4.79 Å². The maximum atomic E-state index is 13.2. The lowest BCUT2D eigenvalue weighted by atomic mass is 9.74. The van der Waals surface area contributed by atoms with Gasteiger partial charge in [0.2, 0.25) is 5.91 Å². The summed E-state index contributed by atoms with van der Waals surface area (Å²) in [5.74, 6) is -0.210. The van der Waals surface area contributed by atoms with Crippen LogP contribution in [-0.2, 0) is 14.9 Å². The third-order valence-corrected chi connectivity index (χ3v) is 6.65. The quantitative estimate of drug-likeness (QED) is 0.505. The molecule has 1 fully saturated rings. The number of amides is 1. The maximum Gasteiger partial charge on any atom is 0.220 e. The molecule has 1 aliphatic heterocycles. The second-order valence-electron chi connectivity index (χ2n) is 8.41. The molecule has 0 spiro atoms. The van der Waals surface area contributed by atoms with Gasteiger partial charge in [-0.25, -0.2) is 0 Å². The topological polar surface area (TPSA) is 58.6 Å². The first-order valence-electron chi connectivity index (χ1n) is 11.0. The number of carbonyl (C=O) groups excluding carboxylic acids is 1. The Morgan fingerprint density at radius 1 is 1.00 bits per heavy atom. The van der Waals surface area contributed by atoms with Crippen molar-refractivity contribution in [1.82, 2.24) is 5.32 Å². The first kappa shape index (κ1) is 22.4. The average molecular weight is 450 g/mol. The fourth-order valence-electron chi connectivity index (χ4n) is 4.54. The van der Waals surface area contributed by atoms with Crippen molar-refractivity contribution in [2.24, 2.45) is 0 Å². The Morgan fingerprint density at radius 3 is 2.34 bits per heavy atom. The fourth-order valence-corrected chi connectivity index (χ4v) is 4.72. The van der Waals surface area contributed by atoms with E-state index < -0.39 is 0 Å². The van der Waals surface area contributed by atoms with Crippen LogP contribution in [0.5, 0.6) is 5.75 Å². The number of hydrogen-bond acceptors (Lipinski definition) is 3. The van der Waals surface area contributed by atoms with Crippen molar-refractivity contribution in [2.75, 3.05) is 19.8 Å². The van der Waals surface area contributed by atoms with Gasteiger partial charge in [0.15, 0.2) is 0 Å². The molecule has 32 heavy (non-hydrogen) atoms. The smallest absolute Gasteiger partial charge is 0.220 e. The van der Waals surface area contributed by atoms with Crippen LogP contribution in [0.3, 0.4) is 0 Å². The molecule has 5 heteroatoms. The summed E-state index contributed by atoms with van der Waals surface area (Å²) in [6, 6.07) is 25.1. The molecule has 3 aromatic rings. The van der Waals surface area contributed by atoms with Crippen LogP contribution in [0.25, 0.3) is 0 Å². The molecule has 2 N–H and O–H groups in total. The van der Waals surface area contributed by atoms with E-state index in [9.17, 15) is 9.90 Å². The summed E-state index contributed by atoms with van der Waals surface area (Å²) in [5.41, 5.74) is 2.72. The standard InChI is InChI=1S/C27H28ClNO3/c28-22-11-12-25(30)24(17-22)23(20-7-3-1-4-8-20)18-26(31)29-19-27(13-15-32-16-14-27)21-9-5-2-6-10-21/h1-12,17,23,30H,13-16,18-19H2,(H,29,31)/t23-/m1/s1. The zero-order valence-electron chi connectivity index (χ0n) is 18.0. The molecule has 1 atom stereocenters. The van der Waals surface area contributed by atoms with Crippen molar-refractivity contribution in [1.29, 1.82) is 0 Å². The number of nitrogens with one attached hydrogen (secondary N) is 1. The molecule has 1 aliphatic rings. The molecule has 0 aliphatic carbocycles. The molecule has 0 aromatic heterocycles. The molecular formula is C27H28ClNO3. The SMILES string of the molecule is O=C(C[C@H](c1ccccc1)c1cc(Cl)ccc1O)NCC1(c2ccccc2)CCOCC1. The predicted molar refractivity (Wildman–Crippen MR) is 127 cm³/mol. The van der Waals surface area contributed by atoms with Crippen LogP contribution < -0.4 is 5.32 Å². The van der Waals surface area contributed by atoms with Gasteiger partial charge in [-0.1, -0.05) is 72.3 Å². The van der Waals surface area contributed by atoms with Crippen molar-refractivity contribution >= 4 is 17.5 Å². The highest BCUT2D eigenvalue weighted by Crippen LogP contribution is 2.37. The van der Waals surface area contributed by atoms with Gasteiger partial charge < -0.3 is 15.2 Å². The van der Waals surface area contributed by atoms with E-state index in [4.69, 9.17) is 16.3 Å². The molecule has 1 heterocycles. The Bertz CT molecular complexity index is 1030. The minimum atomic E-state index is -0.294. The molecule has 1 amide bonds. The third kappa shape index (κ3) is 5.14. The van der Waals surface area contributed by atoms with Gasteiger partial charge in [0.1, 0.15) is 5.75 Å². The number of carbonyl (C=O) groups is 1. The van der Waals surface area contributed by atoms with E-state index in [0.717, 1.165) is 18.4 Å². The first-order chi connectivity index (χ1) is 15.6. The number of halogens is 1. The number of rotatable bonds is 7. The van der Waals surface area contributed by atoms with E-state index in [1.165, 1.54) is 5.56 Å². The summed E-state index contributed by atoms with van der Waals surface area (Å²) >= 11 is 6.21. The summed E-state index contributed by atoms with van der Waals surface area (Å²) in [6.45, 7) is 1.93. The zero-order chi connectivity index (χ0) is 22.4. The highest BCUT2D eigenvalue weighted by atomic mass is 35.5. The lowest BCUT2D eigenvalue weighted by Crippen LogP contribution is -2.44. The molecule has 4 rings (SSSR count). The Kier molecular flexibility index (Phi) is 7.13. The van der Waals surface area contributed by atoms with Gasteiger partial charge in [0.25, 0.3) is 0 Å². The van der Waals surface area contributed by atoms with Gasteiger partial charge in [0.05, 0.1) is 0 Å². The molecule has 3 aromatic carbocycles. The van der Waals surface area contributed by atoms with Crippen molar-refractivity contribution in [3.63, 3.8) is 0 Å². The Hall–Kier alpha value is -2.82. The largest absolute Gasteiger partial charge is 0.508 e. The molecule has 4 nitrogen and oxygen atoms in total. The van der Waals surface area contributed by atoms with Gasteiger partial charge in [0, 0.05) is 48.1 Å². The summed E-state index contributed by atoms with van der Waals surface area (Å²) in [5, 5.41) is 14.2. The van der Waals surface area contributed by atoms with Crippen molar-refractivity contribution in [2.45, 2.75) is 30.6 Å². The molecular weight excluding hydrogens is 422 g/mol. The normalized spacial score (nSPS) is 16.3. The number of hydrogen-bond donors (Lipinski definition) is 2. The number of phenols is 1. The van der Waals surface area contributed by atoms with E-state index in [2.05, 4.69) is 17.4 Å². The number of ether oxygens (including phenoxy) is 1. The molecule has 0 radical (unpaired) electrons. The van der Waals surface area contributed by atoms with Crippen LogP contribution in [-0.4, -0.2) is 30.8 Å². The number of phenolic OH excluding ortho intramolecular Hbond substituents is 1. The molecule has 1 saturated heterocycles. The lowest BCUT2D eigenvalue weighted by Gasteiger charge is -2.38. The van der Waals surface area contributed by atoms with Crippen LogP contribution in [0.4, 0.5) is 0 Å². The summed E-state index contributed by atoms with van der Waals surface area (Å²) in [7, 11) is 0. The van der Waals surface area contributed by atoms with Crippen molar-refractivity contribution in [3.8, 4) is 5.75 Å². The van der Waals surface area contributed by atoms with Crippen molar-refractivity contribution < 1.29 is 14.6 Å². The van der Waals surface area contributed by atoms with Crippen LogP contribution in [0.15, 0.2) is 78.9 Å². The Balaban J connectivity index is 1.54. The first-order valence-corrected chi connectivity index (χ1v) is 11.4. The monoisotopic (exact) mass is 449 g/mol. The van der Waals surface area contributed by atoms with E-state index in [-0.39, 0.29) is 29.4 Å². The zero-order valence-corrected chi connectivity index (χ0v) is 18.7. The number of benzene rings is 3. The molecule has 0 saturated carbocycles. The number of aromatic hydroxyl groups is 1. The van der Waals surface area contributed by atoms with Gasteiger partial charge in [-0.15, -0.1) is 0 Å². The van der Waals surface area contributed by atoms with E-state index in [1.807, 2.05) is 48.5 Å². The highest BCUT2D eigenvalue weighted by molar-refractivity contribution is 6.30. The minimum Gasteiger partial charge on any atom is -0.508 e. The minimum absolute atomic E-state index is 0.0555. The summed E-state index contributed by atoms with van der Waals surface area (Å²) in [6.07, 6.45) is 1.96.